The normalized spacial score (nSPS) is 16.4. The minimum absolute atomic E-state index is 0.548. The van der Waals surface area contributed by atoms with Crippen molar-refractivity contribution in [3.63, 3.8) is 0 Å². The molecule has 1 nitrogen and oxygen atoms in total. The first-order valence-electron chi connectivity index (χ1n) is 7.87. The molecule has 17 heavy (non-hydrogen) atoms. The van der Waals surface area contributed by atoms with Crippen LogP contribution in [0.15, 0.2) is 0 Å². The maximum Gasteiger partial charge on any atom is 0.00682 e. The highest BCUT2D eigenvalue weighted by atomic mass is 14.9. The van der Waals surface area contributed by atoms with Gasteiger partial charge in [-0.25, -0.2) is 0 Å². The molecule has 1 N–H and O–H groups in total. The third kappa shape index (κ3) is 8.65. The highest BCUT2D eigenvalue weighted by Crippen LogP contribution is 2.28. The van der Waals surface area contributed by atoms with Gasteiger partial charge in [-0.3, -0.25) is 0 Å². The molecule has 1 saturated carbocycles. The quantitative estimate of drug-likeness (QED) is 0.505. The van der Waals surface area contributed by atoms with Crippen LogP contribution in [-0.2, 0) is 0 Å². The summed E-state index contributed by atoms with van der Waals surface area (Å²) < 4.78 is 0. The van der Waals surface area contributed by atoms with Gasteiger partial charge in [-0.1, -0.05) is 59.3 Å². The maximum atomic E-state index is 3.63. The van der Waals surface area contributed by atoms with E-state index in [1.54, 1.807) is 0 Å². The molecule has 0 spiro atoms. The van der Waals surface area contributed by atoms with E-state index in [0.717, 1.165) is 6.04 Å². The Morgan fingerprint density at radius 3 is 2.24 bits per heavy atom. The van der Waals surface area contributed by atoms with E-state index in [2.05, 4.69) is 26.1 Å². The molecular weight excluding hydrogens is 206 g/mol. The topological polar surface area (TPSA) is 12.0 Å². The summed E-state index contributed by atoms with van der Waals surface area (Å²) in [5, 5.41) is 3.63. The Kier molecular flexibility index (Phi) is 7.18. The van der Waals surface area contributed by atoms with Crippen molar-refractivity contribution in [2.45, 2.75) is 91.0 Å². The van der Waals surface area contributed by atoms with Gasteiger partial charge in [0, 0.05) is 6.04 Å². The lowest BCUT2D eigenvalue weighted by Gasteiger charge is -2.24. The van der Waals surface area contributed by atoms with Crippen molar-refractivity contribution in [1.29, 1.82) is 0 Å². The molecule has 1 heteroatoms. The Hall–Kier alpha value is -0.0400. The Morgan fingerprint density at radius 2 is 1.59 bits per heavy atom. The molecule has 0 unspecified atom stereocenters. The first-order chi connectivity index (χ1) is 8.14. The molecule has 0 aromatic heterocycles. The minimum Gasteiger partial charge on any atom is -0.314 e. The molecule has 0 amide bonds. The van der Waals surface area contributed by atoms with E-state index in [0.29, 0.717) is 5.41 Å². The predicted molar refractivity (Wildman–Crippen MR) is 77.4 cm³/mol. The summed E-state index contributed by atoms with van der Waals surface area (Å²) in [5.74, 6) is 0. The highest BCUT2D eigenvalue weighted by Gasteiger charge is 2.22. The van der Waals surface area contributed by atoms with Gasteiger partial charge in [-0.2, -0.15) is 0 Å². The van der Waals surface area contributed by atoms with Crippen molar-refractivity contribution in [2.24, 2.45) is 5.41 Å². The highest BCUT2D eigenvalue weighted by molar-refractivity contribution is 4.81. The van der Waals surface area contributed by atoms with Crippen LogP contribution < -0.4 is 5.32 Å². The second-order valence-corrected chi connectivity index (χ2v) is 6.66. The Labute approximate surface area is 109 Å². The van der Waals surface area contributed by atoms with Crippen LogP contribution in [0.5, 0.6) is 0 Å². The summed E-state index contributed by atoms with van der Waals surface area (Å²) in [5.41, 5.74) is 0.548. The lowest BCUT2D eigenvalue weighted by Crippen LogP contribution is -2.23. The molecule has 1 aliphatic carbocycles. The molecule has 0 heterocycles. The molecule has 0 radical (unpaired) electrons. The van der Waals surface area contributed by atoms with Crippen LogP contribution in [0.25, 0.3) is 0 Å². The zero-order valence-electron chi connectivity index (χ0n) is 12.4. The van der Waals surface area contributed by atoms with Crippen LogP contribution in [0, 0.1) is 5.41 Å². The van der Waals surface area contributed by atoms with E-state index < -0.39 is 0 Å². The smallest absolute Gasteiger partial charge is 0.00682 e. The van der Waals surface area contributed by atoms with Crippen LogP contribution in [-0.4, -0.2) is 12.6 Å². The zero-order valence-corrected chi connectivity index (χ0v) is 12.4. The molecule has 0 atom stereocenters. The van der Waals surface area contributed by atoms with Crippen molar-refractivity contribution in [3.05, 3.63) is 0 Å². The van der Waals surface area contributed by atoms with Crippen LogP contribution in [0.2, 0.25) is 0 Å². The fraction of sp³-hybridized carbons (Fsp3) is 1.00. The molecule has 0 bridgehead atoms. The number of hydrogen-bond donors (Lipinski definition) is 1. The molecule has 0 aliphatic heterocycles. The van der Waals surface area contributed by atoms with Crippen molar-refractivity contribution < 1.29 is 0 Å². The predicted octanol–water partition coefficient (Wildman–Crippen LogP) is 4.91. The largest absolute Gasteiger partial charge is 0.314 e. The molecular formula is C16H33N. The fourth-order valence-corrected chi connectivity index (χ4v) is 2.41. The van der Waals surface area contributed by atoms with Crippen LogP contribution in [0.4, 0.5) is 0 Å². The van der Waals surface area contributed by atoms with Gasteiger partial charge < -0.3 is 5.32 Å². The molecule has 0 aromatic carbocycles. The number of hydrogen-bond acceptors (Lipinski definition) is 1. The van der Waals surface area contributed by atoms with E-state index in [1.165, 1.54) is 70.8 Å². The Balaban J connectivity index is 1.90. The first-order valence-corrected chi connectivity index (χ1v) is 7.87. The van der Waals surface area contributed by atoms with Crippen molar-refractivity contribution in [3.8, 4) is 0 Å². The van der Waals surface area contributed by atoms with Gasteiger partial charge >= 0.3 is 0 Å². The Morgan fingerprint density at radius 1 is 0.941 bits per heavy atom. The average Bonchev–Trinajstić information content (AvgIpc) is 3.07. The van der Waals surface area contributed by atoms with Gasteiger partial charge in [0.05, 0.1) is 0 Å². The standard InChI is InChI=1S/C16H33N/c1-4-5-6-7-8-9-12-16(2,3)13-14-17-15-10-11-15/h15,17H,4-14H2,1-3H3. The van der Waals surface area contributed by atoms with Crippen LogP contribution in [0.1, 0.15) is 85.0 Å². The van der Waals surface area contributed by atoms with Gasteiger partial charge in [0.15, 0.2) is 0 Å². The summed E-state index contributed by atoms with van der Waals surface area (Å²) >= 11 is 0. The summed E-state index contributed by atoms with van der Waals surface area (Å²) in [6.45, 7) is 8.39. The van der Waals surface area contributed by atoms with E-state index in [1.807, 2.05) is 0 Å². The first kappa shape index (κ1) is 15.0. The van der Waals surface area contributed by atoms with Crippen LogP contribution in [0.3, 0.4) is 0 Å². The van der Waals surface area contributed by atoms with E-state index in [9.17, 15) is 0 Å². The minimum atomic E-state index is 0.548. The Bertz CT molecular complexity index is 182. The lowest BCUT2D eigenvalue weighted by atomic mass is 9.83. The van der Waals surface area contributed by atoms with Gasteiger partial charge in [-0.15, -0.1) is 0 Å². The number of unbranched alkanes of at least 4 members (excludes halogenated alkanes) is 5. The summed E-state index contributed by atoms with van der Waals surface area (Å²) in [4.78, 5) is 0. The second kappa shape index (κ2) is 8.13. The average molecular weight is 239 g/mol. The van der Waals surface area contributed by atoms with Crippen molar-refractivity contribution in [1.82, 2.24) is 5.32 Å². The zero-order chi connectivity index (χ0) is 12.6. The third-order valence-corrected chi connectivity index (χ3v) is 4.02. The monoisotopic (exact) mass is 239 g/mol. The van der Waals surface area contributed by atoms with Crippen molar-refractivity contribution >= 4 is 0 Å². The summed E-state index contributed by atoms with van der Waals surface area (Å²) in [6, 6.07) is 0.875. The maximum absolute atomic E-state index is 3.63. The molecule has 0 saturated heterocycles. The summed E-state index contributed by atoms with van der Waals surface area (Å²) in [6.07, 6.45) is 14.1. The van der Waals surface area contributed by atoms with Crippen LogP contribution >= 0.6 is 0 Å². The molecule has 1 fully saturated rings. The second-order valence-electron chi connectivity index (χ2n) is 6.66. The van der Waals surface area contributed by atoms with E-state index in [4.69, 9.17) is 0 Å². The molecule has 1 rings (SSSR count). The lowest BCUT2D eigenvalue weighted by molar-refractivity contribution is 0.289. The SMILES string of the molecule is CCCCCCCCC(C)(C)CCNC1CC1. The van der Waals surface area contributed by atoms with E-state index in [-0.39, 0.29) is 0 Å². The summed E-state index contributed by atoms with van der Waals surface area (Å²) in [7, 11) is 0. The number of nitrogens with one attached hydrogen (secondary N) is 1. The molecule has 1 aliphatic rings. The molecule has 0 aromatic rings. The fourth-order valence-electron chi connectivity index (χ4n) is 2.41. The van der Waals surface area contributed by atoms with E-state index >= 15 is 0 Å². The third-order valence-electron chi connectivity index (χ3n) is 4.02. The van der Waals surface area contributed by atoms with Gasteiger partial charge in [0.25, 0.3) is 0 Å². The molecule has 102 valence electrons. The van der Waals surface area contributed by atoms with Gasteiger partial charge in [0.2, 0.25) is 0 Å². The van der Waals surface area contributed by atoms with Gasteiger partial charge in [0.1, 0.15) is 0 Å². The van der Waals surface area contributed by atoms with Gasteiger partial charge in [-0.05, 0) is 37.6 Å². The van der Waals surface area contributed by atoms with Crippen molar-refractivity contribution in [2.75, 3.05) is 6.54 Å². The number of rotatable bonds is 11.